The zero-order valence-electron chi connectivity index (χ0n) is 9.65. The second-order valence-corrected chi connectivity index (χ2v) is 4.85. The van der Waals surface area contributed by atoms with E-state index in [-0.39, 0.29) is 0 Å². The van der Waals surface area contributed by atoms with Crippen LogP contribution in [0.1, 0.15) is 31.2 Å². The normalized spacial score (nSPS) is 16.6. The van der Waals surface area contributed by atoms with Gasteiger partial charge in [-0.05, 0) is 37.3 Å². The molecule has 0 spiro atoms. The molecule has 0 radical (unpaired) electrons. The van der Waals surface area contributed by atoms with Crippen LogP contribution >= 0.6 is 11.6 Å². The number of aliphatic carboxylic acids is 1. The van der Waals surface area contributed by atoms with Crippen LogP contribution in [0.15, 0.2) is 18.2 Å². The Kier molecular flexibility index (Phi) is 3.57. The first-order valence-electron chi connectivity index (χ1n) is 5.73. The molecule has 1 saturated carbocycles. The highest BCUT2D eigenvalue weighted by Gasteiger charge is 2.23. The molecular weight excluding hydrogens is 240 g/mol. The Labute approximate surface area is 105 Å². The predicted octanol–water partition coefficient (Wildman–Crippen LogP) is 3.32. The average Bonchev–Trinajstić information content (AvgIpc) is 3.10. The lowest BCUT2D eigenvalue weighted by Gasteiger charge is -2.13. The summed E-state index contributed by atoms with van der Waals surface area (Å²) < 4.78 is 5.61. The summed E-state index contributed by atoms with van der Waals surface area (Å²) in [7, 11) is 0. The van der Waals surface area contributed by atoms with Crippen molar-refractivity contribution in [3.8, 4) is 5.75 Å². The summed E-state index contributed by atoms with van der Waals surface area (Å²) in [5.74, 6) is -0.269. The van der Waals surface area contributed by atoms with Crippen molar-refractivity contribution in [3.63, 3.8) is 0 Å². The first-order valence-corrected chi connectivity index (χ1v) is 6.11. The molecule has 0 aromatic heterocycles. The molecule has 1 aromatic rings. The SMILES string of the molecule is CC(C(=O)O)c1cccc(OCC2CC2)c1Cl. The molecule has 0 bridgehead atoms. The Hall–Kier alpha value is -1.22. The molecule has 1 aromatic carbocycles. The van der Waals surface area contributed by atoms with E-state index in [1.54, 1.807) is 25.1 Å². The van der Waals surface area contributed by atoms with Crippen molar-refractivity contribution in [2.45, 2.75) is 25.7 Å². The highest BCUT2D eigenvalue weighted by Crippen LogP contribution is 2.35. The third kappa shape index (κ3) is 2.91. The largest absolute Gasteiger partial charge is 0.492 e. The Balaban J connectivity index is 2.16. The molecule has 0 saturated heterocycles. The molecule has 1 aliphatic rings. The maximum Gasteiger partial charge on any atom is 0.310 e. The van der Waals surface area contributed by atoms with E-state index in [2.05, 4.69) is 0 Å². The van der Waals surface area contributed by atoms with Gasteiger partial charge in [-0.2, -0.15) is 0 Å². The Morgan fingerprint density at radius 3 is 2.88 bits per heavy atom. The molecule has 0 amide bonds. The van der Waals surface area contributed by atoms with Crippen LogP contribution in [0.5, 0.6) is 5.75 Å². The van der Waals surface area contributed by atoms with Crippen molar-refractivity contribution >= 4 is 17.6 Å². The third-order valence-corrected chi connectivity index (χ3v) is 3.41. The zero-order valence-corrected chi connectivity index (χ0v) is 10.4. The smallest absolute Gasteiger partial charge is 0.310 e. The van der Waals surface area contributed by atoms with Crippen LogP contribution in [0.3, 0.4) is 0 Å². The predicted molar refractivity (Wildman–Crippen MR) is 65.7 cm³/mol. The van der Waals surface area contributed by atoms with E-state index in [0.29, 0.717) is 28.9 Å². The quantitative estimate of drug-likeness (QED) is 0.877. The maximum atomic E-state index is 10.9. The second-order valence-electron chi connectivity index (χ2n) is 4.47. The number of ether oxygens (including phenoxy) is 1. The zero-order chi connectivity index (χ0) is 12.4. The minimum atomic E-state index is -0.883. The van der Waals surface area contributed by atoms with Gasteiger partial charge in [0.15, 0.2) is 0 Å². The van der Waals surface area contributed by atoms with Crippen molar-refractivity contribution < 1.29 is 14.6 Å². The number of rotatable bonds is 5. The molecule has 1 aliphatic carbocycles. The van der Waals surface area contributed by atoms with Crippen LogP contribution in [-0.4, -0.2) is 17.7 Å². The van der Waals surface area contributed by atoms with E-state index in [1.807, 2.05) is 0 Å². The van der Waals surface area contributed by atoms with Gasteiger partial charge in [-0.3, -0.25) is 4.79 Å². The van der Waals surface area contributed by atoms with E-state index in [4.69, 9.17) is 21.4 Å². The summed E-state index contributed by atoms with van der Waals surface area (Å²) in [6, 6.07) is 5.29. The van der Waals surface area contributed by atoms with Gasteiger partial charge in [-0.25, -0.2) is 0 Å². The van der Waals surface area contributed by atoms with Crippen molar-refractivity contribution in [1.29, 1.82) is 0 Å². The Bertz CT molecular complexity index is 427. The molecule has 1 fully saturated rings. The monoisotopic (exact) mass is 254 g/mol. The molecule has 1 atom stereocenters. The standard InChI is InChI=1S/C13H15ClO3/c1-8(13(15)16)10-3-2-4-11(12(10)14)17-7-9-5-6-9/h2-4,8-9H,5-7H2,1H3,(H,15,16). The highest BCUT2D eigenvalue weighted by atomic mass is 35.5. The van der Waals surface area contributed by atoms with Gasteiger partial charge >= 0.3 is 5.97 Å². The molecule has 0 aliphatic heterocycles. The van der Waals surface area contributed by atoms with Crippen molar-refractivity contribution in [2.75, 3.05) is 6.61 Å². The summed E-state index contributed by atoms with van der Waals surface area (Å²) in [6.45, 7) is 2.29. The van der Waals surface area contributed by atoms with Crippen LogP contribution in [0.25, 0.3) is 0 Å². The van der Waals surface area contributed by atoms with Crippen molar-refractivity contribution in [2.24, 2.45) is 5.92 Å². The summed E-state index contributed by atoms with van der Waals surface area (Å²) in [4.78, 5) is 10.9. The first kappa shape index (κ1) is 12.2. The summed E-state index contributed by atoms with van der Waals surface area (Å²) >= 11 is 6.16. The molecule has 3 nitrogen and oxygen atoms in total. The summed E-state index contributed by atoms with van der Waals surface area (Å²) in [5.41, 5.74) is 0.604. The second kappa shape index (κ2) is 4.96. The fourth-order valence-corrected chi connectivity index (χ4v) is 1.94. The fourth-order valence-electron chi connectivity index (χ4n) is 1.60. The molecule has 2 rings (SSSR count). The van der Waals surface area contributed by atoms with Crippen LogP contribution in [0.4, 0.5) is 0 Å². The van der Waals surface area contributed by atoms with Gasteiger partial charge in [0, 0.05) is 0 Å². The lowest BCUT2D eigenvalue weighted by molar-refractivity contribution is -0.138. The summed E-state index contributed by atoms with van der Waals surface area (Å²) in [6.07, 6.45) is 2.42. The van der Waals surface area contributed by atoms with Gasteiger partial charge in [0.05, 0.1) is 17.5 Å². The summed E-state index contributed by atoms with van der Waals surface area (Å²) in [5, 5.41) is 9.40. The number of carboxylic acid groups (broad SMARTS) is 1. The number of halogens is 1. The highest BCUT2D eigenvalue weighted by molar-refractivity contribution is 6.33. The molecule has 17 heavy (non-hydrogen) atoms. The van der Waals surface area contributed by atoms with E-state index < -0.39 is 11.9 Å². The van der Waals surface area contributed by atoms with Gasteiger partial charge in [0.25, 0.3) is 0 Å². The number of benzene rings is 1. The van der Waals surface area contributed by atoms with Crippen molar-refractivity contribution in [1.82, 2.24) is 0 Å². The van der Waals surface area contributed by atoms with Gasteiger partial charge < -0.3 is 9.84 Å². The molecule has 4 heteroatoms. The van der Waals surface area contributed by atoms with E-state index >= 15 is 0 Å². The first-order chi connectivity index (χ1) is 8.09. The van der Waals surface area contributed by atoms with Crippen LogP contribution < -0.4 is 4.74 Å². The molecule has 92 valence electrons. The Morgan fingerprint density at radius 1 is 1.59 bits per heavy atom. The van der Waals surface area contributed by atoms with Crippen molar-refractivity contribution in [3.05, 3.63) is 28.8 Å². The number of carbonyl (C=O) groups is 1. The van der Waals surface area contributed by atoms with E-state index in [1.165, 1.54) is 12.8 Å². The lowest BCUT2D eigenvalue weighted by atomic mass is 10.0. The van der Waals surface area contributed by atoms with Gasteiger partial charge in [0.2, 0.25) is 0 Å². The van der Waals surface area contributed by atoms with Gasteiger partial charge in [-0.1, -0.05) is 23.7 Å². The fraction of sp³-hybridized carbons (Fsp3) is 0.462. The van der Waals surface area contributed by atoms with E-state index in [9.17, 15) is 4.79 Å². The van der Waals surface area contributed by atoms with Crippen LogP contribution in [0, 0.1) is 5.92 Å². The van der Waals surface area contributed by atoms with E-state index in [0.717, 1.165) is 0 Å². The lowest BCUT2D eigenvalue weighted by Crippen LogP contribution is -2.09. The molecule has 1 unspecified atom stereocenters. The van der Waals surface area contributed by atoms with Gasteiger partial charge in [0.1, 0.15) is 5.75 Å². The topological polar surface area (TPSA) is 46.5 Å². The Morgan fingerprint density at radius 2 is 2.29 bits per heavy atom. The minimum Gasteiger partial charge on any atom is -0.492 e. The molecule has 0 heterocycles. The number of hydrogen-bond donors (Lipinski definition) is 1. The molecular formula is C13H15ClO3. The minimum absolute atomic E-state index is 0.419. The molecule has 1 N–H and O–H groups in total. The number of carboxylic acids is 1. The third-order valence-electron chi connectivity index (χ3n) is 3.00. The maximum absolute atomic E-state index is 10.9. The number of hydrogen-bond acceptors (Lipinski definition) is 2. The average molecular weight is 255 g/mol. The van der Waals surface area contributed by atoms with Gasteiger partial charge in [-0.15, -0.1) is 0 Å². The van der Waals surface area contributed by atoms with Crippen LogP contribution in [0.2, 0.25) is 5.02 Å². The van der Waals surface area contributed by atoms with Crippen LogP contribution in [-0.2, 0) is 4.79 Å².